The van der Waals surface area contributed by atoms with Gasteiger partial charge < -0.3 is 20.6 Å². The summed E-state index contributed by atoms with van der Waals surface area (Å²) in [5.41, 5.74) is -0.0288. The predicted octanol–water partition coefficient (Wildman–Crippen LogP) is 3.50. The molecule has 0 spiro atoms. The van der Waals surface area contributed by atoms with Gasteiger partial charge in [-0.3, -0.25) is 0 Å². The van der Waals surface area contributed by atoms with E-state index >= 15 is 0 Å². The van der Waals surface area contributed by atoms with Gasteiger partial charge in [-0.1, -0.05) is 26.7 Å². The lowest BCUT2D eigenvalue weighted by molar-refractivity contribution is 0.0677. The number of hydrogen-bond acceptors (Lipinski definition) is 4. The van der Waals surface area contributed by atoms with Gasteiger partial charge in [-0.15, -0.1) is 24.0 Å². The highest BCUT2D eigenvalue weighted by molar-refractivity contribution is 14.0. The van der Waals surface area contributed by atoms with Crippen molar-refractivity contribution in [2.45, 2.75) is 52.2 Å². The van der Waals surface area contributed by atoms with Gasteiger partial charge in [0.25, 0.3) is 0 Å². The zero-order chi connectivity index (χ0) is 18.9. The number of aliphatic hydroxyl groups is 1. The average Bonchev–Trinajstić information content (AvgIpc) is 3.11. The minimum Gasteiger partial charge on any atom is -0.383 e. The maximum atomic E-state index is 10.7. The lowest BCUT2D eigenvalue weighted by atomic mass is 9.93. The Morgan fingerprint density at radius 2 is 1.92 bits per heavy atom. The van der Waals surface area contributed by atoms with Crippen LogP contribution in [0.5, 0.6) is 0 Å². The topological polar surface area (TPSA) is 59.9 Å². The fourth-order valence-corrected chi connectivity index (χ4v) is 3.82. The largest absolute Gasteiger partial charge is 0.383 e. The molecule has 1 aromatic heterocycles. The number of guanidine groups is 1. The van der Waals surface area contributed by atoms with Gasteiger partial charge in [-0.25, -0.2) is 4.99 Å². The fourth-order valence-electron chi connectivity index (χ4n) is 3.04. The SMILES string of the molecule is CCNC(=NCC(C)(O)c1ccsc1)NCC(C(CC)CC)N(C)C.I. The van der Waals surface area contributed by atoms with Crippen molar-refractivity contribution in [1.82, 2.24) is 15.5 Å². The normalized spacial score (nSPS) is 15.5. The Bertz CT molecular complexity index is 502. The van der Waals surface area contributed by atoms with Gasteiger partial charge in [0.2, 0.25) is 0 Å². The number of hydrogen-bond donors (Lipinski definition) is 3. The molecule has 2 unspecified atom stereocenters. The van der Waals surface area contributed by atoms with Crippen LogP contribution in [0.1, 0.15) is 46.1 Å². The molecule has 152 valence electrons. The third-order valence-corrected chi connectivity index (χ3v) is 5.45. The Balaban J connectivity index is 0.00000625. The number of thiophene rings is 1. The molecule has 0 saturated carbocycles. The first-order chi connectivity index (χ1) is 11.9. The Hall–Kier alpha value is -0.380. The Morgan fingerprint density at radius 3 is 2.38 bits per heavy atom. The maximum Gasteiger partial charge on any atom is 0.191 e. The molecule has 1 aromatic rings. The van der Waals surface area contributed by atoms with E-state index < -0.39 is 5.60 Å². The Morgan fingerprint density at radius 1 is 1.27 bits per heavy atom. The van der Waals surface area contributed by atoms with Crippen LogP contribution in [0.25, 0.3) is 0 Å². The van der Waals surface area contributed by atoms with Crippen molar-refractivity contribution in [3.63, 3.8) is 0 Å². The first kappa shape index (κ1) is 25.6. The van der Waals surface area contributed by atoms with Gasteiger partial charge in [0.05, 0.1) is 6.54 Å². The molecule has 0 aliphatic rings. The van der Waals surface area contributed by atoms with E-state index in [0.717, 1.165) is 24.6 Å². The van der Waals surface area contributed by atoms with Gasteiger partial charge in [-0.05, 0) is 56.3 Å². The molecule has 0 aromatic carbocycles. The van der Waals surface area contributed by atoms with Crippen LogP contribution in [0.2, 0.25) is 0 Å². The second-order valence-corrected chi connectivity index (χ2v) is 7.75. The third kappa shape index (κ3) is 8.10. The third-order valence-electron chi connectivity index (χ3n) is 4.77. The number of nitrogens with one attached hydrogen (secondary N) is 2. The van der Waals surface area contributed by atoms with Crippen molar-refractivity contribution in [3.05, 3.63) is 22.4 Å². The van der Waals surface area contributed by atoms with Crippen LogP contribution in [0, 0.1) is 5.92 Å². The zero-order valence-electron chi connectivity index (χ0n) is 17.1. The van der Waals surface area contributed by atoms with E-state index in [1.54, 1.807) is 11.3 Å². The van der Waals surface area contributed by atoms with E-state index in [2.05, 4.69) is 55.4 Å². The second kappa shape index (κ2) is 12.9. The molecule has 1 rings (SSSR count). The molecule has 0 aliphatic heterocycles. The van der Waals surface area contributed by atoms with Crippen molar-refractivity contribution in [1.29, 1.82) is 0 Å². The molecule has 5 nitrogen and oxygen atoms in total. The molecular formula is C19H37IN4OS. The molecule has 3 N–H and O–H groups in total. The van der Waals surface area contributed by atoms with Gasteiger partial charge in [0.1, 0.15) is 5.60 Å². The molecule has 1 heterocycles. The number of aliphatic imine (C=N–C) groups is 1. The monoisotopic (exact) mass is 496 g/mol. The quantitative estimate of drug-likeness (QED) is 0.264. The lowest BCUT2D eigenvalue weighted by Gasteiger charge is -2.32. The summed E-state index contributed by atoms with van der Waals surface area (Å²) in [6, 6.07) is 2.41. The summed E-state index contributed by atoms with van der Waals surface area (Å²) in [7, 11) is 4.27. The fraction of sp³-hybridized carbons (Fsp3) is 0.737. The summed E-state index contributed by atoms with van der Waals surface area (Å²) in [6.07, 6.45) is 2.34. The molecule has 0 radical (unpaired) electrons. The lowest BCUT2D eigenvalue weighted by Crippen LogP contribution is -2.48. The summed E-state index contributed by atoms with van der Waals surface area (Å²) < 4.78 is 0. The Kier molecular flexibility index (Phi) is 12.7. The van der Waals surface area contributed by atoms with Crippen molar-refractivity contribution in [3.8, 4) is 0 Å². The average molecular weight is 497 g/mol. The molecule has 26 heavy (non-hydrogen) atoms. The van der Waals surface area contributed by atoms with Gasteiger partial charge in [0, 0.05) is 19.1 Å². The van der Waals surface area contributed by atoms with Crippen LogP contribution in [0.15, 0.2) is 21.8 Å². The first-order valence-electron chi connectivity index (χ1n) is 9.29. The van der Waals surface area contributed by atoms with E-state index in [1.165, 1.54) is 12.8 Å². The second-order valence-electron chi connectivity index (χ2n) is 6.97. The van der Waals surface area contributed by atoms with Crippen LogP contribution >= 0.6 is 35.3 Å². The molecule has 2 atom stereocenters. The first-order valence-corrected chi connectivity index (χ1v) is 10.2. The molecule has 0 aliphatic carbocycles. The van der Waals surface area contributed by atoms with E-state index in [1.807, 2.05) is 23.8 Å². The number of likely N-dealkylation sites (N-methyl/N-ethyl adjacent to an activating group) is 1. The summed E-state index contributed by atoms with van der Waals surface area (Å²) in [5, 5.41) is 21.4. The van der Waals surface area contributed by atoms with Crippen molar-refractivity contribution < 1.29 is 5.11 Å². The van der Waals surface area contributed by atoms with Crippen molar-refractivity contribution in [2.24, 2.45) is 10.9 Å². The highest BCUT2D eigenvalue weighted by atomic mass is 127. The highest BCUT2D eigenvalue weighted by Gasteiger charge is 2.24. The molecule has 0 amide bonds. The molecule has 0 bridgehead atoms. The smallest absolute Gasteiger partial charge is 0.191 e. The van der Waals surface area contributed by atoms with Gasteiger partial charge in [-0.2, -0.15) is 11.3 Å². The molecule has 7 heteroatoms. The van der Waals surface area contributed by atoms with Crippen LogP contribution in [0.4, 0.5) is 0 Å². The highest BCUT2D eigenvalue weighted by Crippen LogP contribution is 2.23. The van der Waals surface area contributed by atoms with Crippen molar-refractivity contribution >= 4 is 41.3 Å². The summed E-state index contributed by atoms with van der Waals surface area (Å²) in [5.74, 6) is 1.41. The predicted molar refractivity (Wildman–Crippen MR) is 125 cm³/mol. The van der Waals surface area contributed by atoms with Gasteiger partial charge in [0.15, 0.2) is 5.96 Å². The van der Waals surface area contributed by atoms with E-state index in [9.17, 15) is 5.11 Å². The van der Waals surface area contributed by atoms with E-state index in [0.29, 0.717) is 18.5 Å². The summed E-state index contributed by atoms with van der Waals surface area (Å²) >= 11 is 1.59. The molecule has 0 saturated heterocycles. The van der Waals surface area contributed by atoms with Crippen LogP contribution in [0.3, 0.4) is 0 Å². The summed E-state index contributed by atoms with van der Waals surface area (Å²) in [6.45, 7) is 10.3. The number of nitrogens with zero attached hydrogens (tertiary/aromatic N) is 2. The maximum absolute atomic E-state index is 10.7. The standard InChI is InChI=1S/C19H36N4OS.HI/c1-7-15(8-2)17(23(5)6)12-21-18(20-9-3)22-14-19(4,24)16-10-11-25-13-16;/h10-11,13,15,17,24H,7-9,12,14H2,1-6H3,(H2,20,21,22);1H. The number of halogens is 1. The minimum absolute atomic E-state index is 0. The zero-order valence-corrected chi connectivity index (χ0v) is 20.2. The minimum atomic E-state index is -0.946. The summed E-state index contributed by atoms with van der Waals surface area (Å²) in [4.78, 5) is 6.90. The van der Waals surface area contributed by atoms with Crippen LogP contribution in [-0.2, 0) is 5.60 Å². The van der Waals surface area contributed by atoms with Crippen LogP contribution in [-0.4, -0.2) is 55.7 Å². The van der Waals surface area contributed by atoms with Crippen molar-refractivity contribution in [2.75, 3.05) is 33.7 Å². The van der Waals surface area contributed by atoms with Gasteiger partial charge >= 0.3 is 0 Å². The molecular weight excluding hydrogens is 459 g/mol. The van der Waals surface area contributed by atoms with Crippen LogP contribution < -0.4 is 10.6 Å². The van der Waals surface area contributed by atoms with E-state index in [-0.39, 0.29) is 24.0 Å². The Labute approximate surface area is 180 Å². The molecule has 0 fully saturated rings. The van der Waals surface area contributed by atoms with E-state index in [4.69, 9.17) is 0 Å². The number of rotatable bonds is 10.